The molecule has 0 aliphatic carbocycles. The van der Waals surface area contributed by atoms with Gasteiger partial charge < -0.3 is 4.90 Å². The van der Waals surface area contributed by atoms with Gasteiger partial charge in [0.1, 0.15) is 0 Å². The molecule has 0 aliphatic heterocycles. The topological polar surface area (TPSA) is 27.0 Å². The molecule has 0 saturated carbocycles. The van der Waals surface area contributed by atoms with Crippen molar-refractivity contribution in [3.63, 3.8) is 0 Å². The van der Waals surface area contributed by atoms with Crippen LogP contribution in [0.25, 0.3) is 0 Å². The van der Waals surface area contributed by atoms with Gasteiger partial charge in [0.05, 0.1) is 11.6 Å². The molecular weight excluding hydrogens is 232 g/mol. The third kappa shape index (κ3) is 4.77. The Morgan fingerprint density at radius 2 is 2.00 bits per heavy atom. The molecule has 0 aliphatic rings. The molecule has 92 valence electrons. The Morgan fingerprint density at radius 1 is 1.35 bits per heavy atom. The van der Waals surface area contributed by atoms with Gasteiger partial charge in [0.25, 0.3) is 0 Å². The lowest BCUT2D eigenvalue weighted by Crippen LogP contribution is -2.28. The zero-order valence-electron chi connectivity index (χ0n) is 10.9. The molecule has 0 atom stereocenters. The summed E-state index contributed by atoms with van der Waals surface area (Å²) in [7, 11) is 2.08. The highest BCUT2D eigenvalue weighted by Gasteiger charge is 2.14. The van der Waals surface area contributed by atoms with Crippen molar-refractivity contribution in [2.24, 2.45) is 5.41 Å². The summed E-state index contributed by atoms with van der Waals surface area (Å²) in [5.74, 6) is 0. The summed E-state index contributed by atoms with van der Waals surface area (Å²) in [4.78, 5) is 2.24. The zero-order chi connectivity index (χ0) is 13.1. The molecule has 1 aromatic rings. The highest BCUT2D eigenvalue weighted by atomic mass is 35.5. The molecule has 1 aromatic carbocycles. The van der Waals surface area contributed by atoms with Gasteiger partial charge in [-0.3, -0.25) is 0 Å². The summed E-state index contributed by atoms with van der Waals surface area (Å²) >= 11 is 6.15. The van der Waals surface area contributed by atoms with Crippen LogP contribution in [0.2, 0.25) is 5.02 Å². The van der Waals surface area contributed by atoms with Gasteiger partial charge in [-0.2, -0.15) is 5.26 Å². The molecule has 0 fully saturated rings. The Morgan fingerprint density at radius 3 is 2.47 bits per heavy atom. The smallest absolute Gasteiger partial charge is 0.0992 e. The van der Waals surface area contributed by atoms with Gasteiger partial charge in [0, 0.05) is 18.1 Å². The SMILES string of the molecule is CN(Cc1ccc(C#N)cc1Cl)CC(C)(C)C. The highest BCUT2D eigenvalue weighted by molar-refractivity contribution is 6.31. The summed E-state index contributed by atoms with van der Waals surface area (Å²) in [6.07, 6.45) is 0. The predicted molar refractivity (Wildman–Crippen MR) is 72.0 cm³/mol. The van der Waals surface area contributed by atoms with Crippen LogP contribution in [0.3, 0.4) is 0 Å². The normalized spacial score (nSPS) is 11.6. The van der Waals surface area contributed by atoms with Crippen molar-refractivity contribution in [1.82, 2.24) is 4.90 Å². The van der Waals surface area contributed by atoms with Gasteiger partial charge in [-0.15, -0.1) is 0 Å². The van der Waals surface area contributed by atoms with Gasteiger partial charge in [0.15, 0.2) is 0 Å². The minimum Gasteiger partial charge on any atom is -0.302 e. The highest BCUT2D eigenvalue weighted by Crippen LogP contribution is 2.21. The quantitative estimate of drug-likeness (QED) is 0.818. The van der Waals surface area contributed by atoms with Gasteiger partial charge in [-0.05, 0) is 30.2 Å². The average molecular weight is 251 g/mol. The minimum atomic E-state index is 0.272. The van der Waals surface area contributed by atoms with Crippen molar-refractivity contribution in [2.45, 2.75) is 27.3 Å². The summed E-state index contributed by atoms with van der Waals surface area (Å²) in [5, 5.41) is 9.44. The third-order valence-corrected chi connectivity index (χ3v) is 2.72. The lowest BCUT2D eigenvalue weighted by Gasteiger charge is -2.26. The second-order valence-corrected chi connectivity index (χ2v) is 6.06. The Bertz CT molecular complexity index is 427. The van der Waals surface area contributed by atoms with Crippen molar-refractivity contribution in [3.8, 4) is 6.07 Å². The molecule has 0 saturated heterocycles. The molecule has 0 heterocycles. The zero-order valence-corrected chi connectivity index (χ0v) is 11.7. The van der Waals surface area contributed by atoms with Gasteiger partial charge in [-0.1, -0.05) is 38.4 Å². The monoisotopic (exact) mass is 250 g/mol. The lowest BCUT2D eigenvalue weighted by molar-refractivity contribution is 0.221. The van der Waals surface area contributed by atoms with E-state index in [9.17, 15) is 0 Å². The van der Waals surface area contributed by atoms with E-state index in [1.54, 1.807) is 6.07 Å². The molecule has 3 heteroatoms. The van der Waals surface area contributed by atoms with Gasteiger partial charge >= 0.3 is 0 Å². The first-order valence-electron chi connectivity index (χ1n) is 5.69. The molecule has 0 unspecified atom stereocenters. The first-order chi connectivity index (χ1) is 7.81. The maximum absolute atomic E-state index is 8.77. The van der Waals surface area contributed by atoms with E-state index in [-0.39, 0.29) is 5.41 Å². The molecule has 2 nitrogen and oxygen atoms in total. The fourth-order valence-corrected chi connectivity index (χ4v) is 2.14. The lowest BCUT2D eigenvalue weighted by atomic mass is 9.96. The number of hydrogen-bond donors (Lipinski definition) is 0. The van der Waals surface area contributed by atoms with E-state index < -0.39 is 0 Å². The van der Waals surface area contributed by atoms with Crippen molar-refractivity contribution < 1.29 is 0 Å². The molecule has 0 amide bonds. The molecule has 17 heavy (non-hydrogen) atoms. The summed E-state index contributed by atoms with van der Waals surface area (Å²) in [6.45, 7) is 8.45. The predicted octanol–water partition coefficient (Wildman–Crippen LogP) is 3.69. The van der Waals surface area contributed by atoms with E-state index in [1.807, 2.05) is 12.1 Å². The Labute approximate surface area is 109 Å². The van der Waals surface area contributed by atoms with E-state index in [4.69, 9.17) is 16.9 Å². The Hall–Kier alpha value is -1.04. The molecular formula is C14H19ClN2. The second-order valence-electron chi connectivity index (χ2n) is 5.65. The minimum absolute atomic E-state index is 0.272. The van der Waals surface area contributed by atoms with E-state index in [2.05, 4.69) is 38.8 Å². The molecule has 0 N–H and O–H groups in total. The van der Waals surface area contributed by atoms with Crippen molar-refractivity contribution in [1.29, 1.82) is 5.26 Å². The van der Waals surface area contributed by atoms with E-state index in [0.717, 1.165) is 18.7 Å². The fourth-order valence-electron chi connectivity index (χ4n) is 1.90. The molecule has 1 rings (SSSR count). The number of hydrogen-bond acceptors (Lipinski definition) is 2. The number of halogens is 1. The number of benzene rings is 1. The molecule has 0 bridgehead atoms. The largest absolute Gasteiger partial charge is 0.302 e. The third-order valence-electron chi connectivity index (χ3n) is 2.37. The maximum atomic E-state index is 8.77. The molecule has 0 radical (unpaired) electrons. The summed E-state index contributed by atoms with van der Waals surface area (Å²) < 4.78 is 0. The van der Waals surface area contributed by atoms with Gasteiger partial charge in [-0.25, -0.2) is 0 Å². The number of rotatable bonds is 3. The van der Waals surface area contributed by atoms with Crippen LogP contribution in [0.1, 0.15) is 31.9 Å². The number of nitriles is 1. The van der Waals surface area contributed by atoms with Gasteiger partial charge in [0.2, 0.25) is 0 Å². The molecule has 0 aromatic heterocycles. The van der Waals surface area contributed by atoms with Crippen molar-refractivity contribution in [2.75, 3.05) is 13.6 Å². The summed E-state index contributed by atoms with van der Waals surface area (Å²) in [6, 6.07) is 7.55. The van der Waals surface area contributed by atoms with Crippen LogP contribution >= 0.6 is 11.6 Å². The summed E-state index contributed by atoms with van der Waals surface area (Å²) in [5.41, 5.74) is 1.95. The van der Waals surface area contributed by atoms with Crippen LogP contribution < -0.4 is 0 Å². The van der Waals surface area contributed by atoms with Crippen LogP contribution in [-0.2, 0) is 6.54 Å². The first kappa shape index (κ1) is 14.0. The van der Waals surface area contributed by atoms with Crippen molar-refractivity contribution in [3.05, 3.63) is 34.3 Å². The fraction of sp³-hybridized carbons (Fsp3) is 0.500. The van der Waals surface area contributed by atoms with E-state index in [1.165, 1.54) is 0 Å². The maximum Gasteiger partial charge on any atom is 0.0992 e. The second kappa shape index (κ2) is 5.53. The van der Waals surface area contributed by atoms with Crippen LogP contribution in [0.4, 0.5) is 0 Å². The Kier molecular flexibility index (Phi) is 4.56. The molecule has 0 spiro atoms. The average Bonchev–Trinajstić information content (AvgIpc) is 2.18. The van der Waals surface area contributed by atoms with Crippen LogP contribution in [0, 0.1) is 16.7 Å². The standard InChI is InChI=1S/C14H19ClN2/c1-14(2,3)10-17(4)9-12-6-5-11(8-16)7-13(12)15/h5-7H,9-10H2,1-4H3. The van der Waals surface area contributed by atoms with Crippen LogP contribution in [0.15, 0.2) is 18.2 Å². The number of nitrogens with zero attached hydrogens (tertiary/aromatic N) is 2. The van der Waals surface area contributed by atoms with E-state index >= 15 is 0 Å². The van der Waals surface area contributed by atoms with Crippen LogP contribution in [0.5, 0.6) is 0 Å². The van der Waals surface area contributed by atoms with Crippen LogP contribution in [-0.4, -0.2) is 18.5 Å². The van der Waals surface area contributed by atoms with E-state index in [0.29, 0.717) is 10.6 Å². The Balaban J connectivity index is 2.73. The first-order valence-corrected chi connectivity index (χ1v) is 6.07. The van der Waals surface area contributed by atoms with Crippen molar-refractivity contribution >= 4 is 11.6 Å².